The molecular formula is C23H31N5O3. The zero-order chi connectivity index (χ0) is 22.2. The minimum atomic E-state index is -0.416. The van der Waals surface area contributed by atoms with Gasteiger partial charge in [-0.3, -0.25) is 14.6 Å². The highest BCUT2D eigenvalue weighted by atomic mass is 16.5. The number of ether oxygens (including phenoxy) is 1. The van der Waals surface area contributed by atoms with Gasteiger partial charge in [0, 0.05) is 25.0 Å². The van der Waals surface area contributed by atoms with Crippen LogP contribution < -0.4 is 20.9 Å². The zero-order valence-corrected chi connectivity index (χ0v) is 18.6. The predicted molar refractivity (Wildman–Crippen MR) is 118 cm³/mol. The third kappa shape index (κ3) is 4.03. The first-order chi connectivity index (χ1) is 14.8. The summed E-state index contributed by atoms with van der Waals surface area (Å²) in [7, 11) is 1.47. The number of aromatic nitrogens is 3. The van der Waals surface area contributed by atoms with E-state index in [-0.39, 0.29) is 24.2 Å². The molecule has 2 aromatic heterocycles. The molecule has 0 aromatic carbocycles. The Kier molecular flexibility index (Phi) is 5.73. The van der Waals surface area contributed by atoms with Crippen molar-refractivity contribution in [1.29, 1.82) is 0 Å². The summed E-state index contributed by atoms with van der Waals surface area (Å²) in [4.78, 5) is 29.1. The van der Waals surface area contributed by atoms with E-state index >= 15 is 0 Å². The Morgan fingerprint density at radius 3 is 2.68 bits per heavy atom. The standard InChI is InChI=1S/C23H31N5O3/c1-14-17-9-16(23(17,2)3)10-18(14)27-19-12-26-28(22(30)21(19)31-4)13-20(29)25-11-15-5-7-24-8-6-15/h5-8,12,14,16-18,27H,9-11,13H2,1-4H3,(H,25,29)/t14-,16+,17?,18?/m1/s1. The maximum absolute atomic E-state index is 12.9. The summed E-state index contributed by atoms with van der Waals surface area (Å²) in [6.07, 6.45) is 7.30. The van der Waals surface area contributed by atoms with Gasteiger partial charge in [-0.25, -0.2) is 4.68 Å². The van der Waals surface area contributed by atoms with E-state index in [1.807, 2.05) is 12.1 Å². The van der Waals surface area contributed by atoms with Crippen molar-refractivity contribution in [2.75, 3.05) is 12.4 Å². The molecule has 3 aliphatic carbocycles. The molecule has 3 fully saturated rings. The molecule has 5 rings (SSSR count). The van der Waals surface area contributed by atoms with Gasteiger partial charge in [-0.15, -0.1) is 0 Å². The van der Waals surface area contributed by atoms with Crippen molar-refractivity contribution in [3.63, 3.8) is 0 Å². The third-order valence-electron chi connectivity index (χ3n) is 7.43. The van der Waals surface area contributed by atoms with E-state index < -0.39 is 5.56 Å². The van der Waals surface area contributed by atoms with Crippen LogP contribution in [0.25, 0.3) is 0 Å². The smallest absolute Gasteiger partial charge is 0.311 e. The van der Waals surface area contributed by atoms with Crippen molar-refractivity contribution in [3.05, 3.63) is 46.6 Å². The Hall–Kier alpha value is -2.90. The Morgan fingerprint density at radius 2 is 2.03 bits per heavy atom. The summed E-state index contributed by atoms with van der Waals surface area (Å²) in [6, 6.07) is 3.93. The summed E-state index contributed by atoms with van der Waals surface area (Å²) in [5.41, 5.74) is 1.51. The molecule has 31 heavy (non-hydrogen) atoms. The molecule has 8 heteroatoms. The molecule has 0 radical (unpaired) electrons. The van der Waals surface area contributed by atoms with E-state index in [1.165, 1.54) is 13.5 Å². The predicted octanol–water partition coefficient (Wildman–Crippen LogP) is 2.45. The van der Waals surface area contributed by atoms with Gasteiger partial charge in [0.05, 0.1) is 13.3 Å². The third-order valence-corrected chi connectivity index (χ3v) is 7.43. The first-order valence-electron chi connectivity index (χ1n) is 10.9. The van der Waals surface area contributed by atoms with Gasteiger partial charge in [-0.2, -0.15) is 5.10 Å². The SMILES string of the molecule is COc1c(NC2C[C@@H]3CC([C@H]2C)C3(C)C)cnn(CC(=O)NCc2ccncc2)c1=O. The molecule has 1 amide bonds. The van der Waals surface area contributed by atoms with Crippen LogP contribution in [0.3, 0.4) is 0 Å². The Bertz CT molecular complexity index is 1000. The van der Waals surface area contributed by atoms with Crippen molar-refractivity contribution < 1.29 is 9.53 Å². The number of hydrogen-bond acceptors (Lipinski definition) is 6. The molecule has 2 unspecified atom stereocenters. The monoisotopic (exact) mass is 425 g/mol. The van der Waals surface area contributed by atoms with Crippen LogP contribution in [-0.2, 0) is 17.9 Å². The highest BCUT2D eigenvalue weighted by molar-refractivity contribution is 5.75. The number of methoxy groups -OCH3 is 1. The molecule has 0 saturated heterocycles. The average Bonchev–Trinajstić information content (AvgIpc) is 2.76. The summed E-state index contributed by atoms with van der Waals surface area (Å²) in [5, 5.41) is 10.5. The van der Waals surface area contributed by atoms with Crippen LogP contribution in [0.2, 0.25) is 0 Å². The molecule has 2 aromatic rings. The largest absolute Gasteiger partial charge is 0.490 e. The number of fused-ring (bicyclic) bond motifs is 2. The van der Waals surface area contributed by atoms with Crippen molar-refractivity contribution >= 4 is 11.6 Å². The summed E-state index contributed by atoms with van der Waals surface area (Å²) in [6.45, 7) is 7.21. The van der Waals surface area contributed by atoms with E-state index in [4.69, 9.17) is 4.74 Å². The van der Waals surface area contributed by atoms with Crippen molar-refractivity contribution in [1.82, 2.24) is 20.1 Å². The average molecular weight is 426 g/mol. The van der Waals surface area contributed by atoms with Crippen LogP contribution in [0.15, 0.2) is 35.5 Å². The number of anilines is 1. The number of carbonyl (C=O) groups excluding carboxylic acids is 1. The second-order valence-electron chi connectivity index (χ2n) is 9.39. The lowest BCUT2D eigenvalue weighted by Gasteiger charge is -2.62. The molecule has 0 spiro atoms. The summed E-state index contributed by atoms with van der Waals surface area (Å²) >= 11 is 0. The van der Waals surface area contributed by atoms with Crippen LogP contribution in [0.4, 0.5) is 5.69 Å². The first-order valence-corrected chi connectivity index (χ1v) is 10.9. The first kappa shape index (κ1) is 21.3. The molecule has 2 bridgehead atoms. The number of rotatable bonds is 7. The second-order valence-corrected chi connectivity index (χ2v) is 9.39. The fraction of sp³-hybridized carbons (Fsp3) is 0.565. The highest BCUT2D eigenvalue weighted by Crippen LogP contribution is 2.61. The van der Waals surface area contributed by atoms with Gasteiger partial charge in [0.25, 0.3) is 0 Å². The number of nitrogens with one attached hydrogen (secondary N) is 2. The second kappa shape index (κ2) is 8.32. The van der Waals surface area contributed by atoms with Gasteiger partial charge >= 0.3 is 5.56 Å². The number of hydrogen-bond donors (Lipinski definition) is 2. The van der Waals surface area contributed by atoms with Crippen LogP contribution in [0.1, 0.15) is 39.2 Å². The van der Waals surface area contributed by atoms with Gasteiger partial charge in [-0.1, -0.05) is 20.8 Å². The molecule has 166 valence electrons. The fourth-order valence-corrected chi connectivity index (χ4v) is 5.32. The zero-order valence-electron chi connectivity index (χ0n) is 18.6. The van der Waals surface area contributed by atoms with E-state index in [0.29, 0.717) is 35.4 Å². The lowest BCUT2D eigenvalue weighted by atomic mass is 9.45. The van der Waals surface area contributed by atoms with Crippen LogP contribution in [0, 0.1) is 23.2 Å². The van der Waals surface area contributed by atoms with Gasteiger partial charge in [-0.05, 0) is 53.7 Å². The summed E-state index contributed by atoms with van der Waals surface area (Å²) in [5.74, 6) is 1.80. The maximum Gasteiger partial charge on any atom is 0.311 e. The number of nitrogens with zero attached hydrogens (tertiary/aromatic N) is 3. The van der Waals surface area contributed by atoms with Crippen LogP contribution in [-0.4, -0.2) is 33.8 Å². The Labute approximate surface area is 182 Å². The van der Waals surface area contributed by atoms with Crippen LogP contribution in [0.5, 0.6) is 5.75 Å². The van der Waals surface area contributed by atoms with Crippen LogP contribution >= 0.6 is 0 Å². The quantitative estimate of drug-likeness (QED) is 0.707. The lowest BCUT2D eigenvalue weighted by Crippen LogP contribution is -2.58. The maximum atomic E-state index is 12.9. The highest BCUT2D eigenvalue weighted by Gasteiger charge is 2.56. The normalized spacial score (nSPS) is 25.9. The van der Waals surface area contributed by atoms with Crippen molar-refractivity contribution in [2.24, 2.45) is 23.2 Å². The minimum absolute atomic E-state index is 0.168. The van der Waals surface area contributed by atoms with Crippen molar-refractivity contribution in [2.45, 2.75) is 52.7 Å². The molecule has 0 aliphatic heterocycles. The lowest BCUT2D eigenvalue weighted by molar-refractivity contribution is -0.122. The van der Waals surface area contributed by atoms with E-state index in [2.05, 4.69) is 41.5 Å². The van der Waals surface area contributed by atoms with Gasteiger partial charge in [0.2, 0.25) is 11.7 Å². The molecule has 2 N–H and O–H groups in total. The molecule has 3 aliphatic rings. The minimum Gasteiger partial charge on any atom is -0.490 e. The fourth-order valence-electron chi connectivity index (χ4n) is 5.32. The van der Waals surface area contributed by atoms with Crippen molar-refractivity contribution in [3.8, 4) is 5.75 Å². The molecule has 2 heterocycles. The van der Waals surface area contributed by atoms with Gasteiger partial charge in [0.1, 0.15) is 12.2 Å². The summed E-state index contributed by atoms with van der Waals surface area (Å²) < 4.78 is 6.54. The Morgan fingerprint density at radius 1 is 1.29 bits per heavy atom. The number of pyridine rings is 1. The van der Waals surface area contributed by atoms with E-state index in [0.717, 1.165) is 16.7 Å². The topological polar surface area (TPSA) is 98.1 Å². The molecule has 3 saturated carbocycles. The molecular weight excluding hydrogens is 394 g/mol. The molecule has 8 nitrogen and oxygen atoms in total. The number of amides is 1. The number of carbonyl (C=O) groups is 1. The molecule has 4 atom stereocenters. The van der Waals surface area contributed by atoms with Gasteiger partial charge < -0.3 is 15.4 Å². The Balaban J connectivity index is 1.43. The van der Waals surface area contributed by atoms with E-state index in [1.54, 1.807) is 18.6 Å². The van der Waals surface area contributed by atoms with Gasteiger partial charge in [0.15, 0.2) is 0 Å². The van der Waals surface area contributed by atoms with E-state index in [9.17, 15) is 9.59 Å².